The van der Waals surface area contributed by atoms with Crippen molar-refractivity contribution in [3.8, 4) is 0 Å². The molecule has 0 aromatic rings. The third-order valence-corrected chi connectivity index (χ3v) is 3.11. The molecule has 20 heavy (non-hydrogen) atoms. The highest BCUT2D eigenvalue weighted by molar-refractivity contribution is 5.87. The molecular formula is C14H24N2O4. The van der Waals surface area contributed by atoms with Crippen LogP contribution in [0, 0.1) is 0 Å². The first-order valence-corrected chi connectivity index (χ1v) is 6.65. The fraction of sp³-hybridized carbons (Fsp3) is 0.714. The van der Waals surface area contributed by atoms with Crippen LogP contribution < -0.4 is 0 Å². The third-order valence-electron chi connectivity index (χ3n) is 3.11. The molecule has 1 aliphatic rings. The van der Waals surface area contributed by atoms with Crippen LogP contribution in [0.4, 0.5) is 0 Å². The number of aliphatic hydroxyl groups excluding tert-OH is 1. The van der Waals surface area contributed by atoms with E-state index >= 15 is 0 Å². The minimum atomic E-state index is -0.675. The molecule has 6 heteroatoms. The quantitative estimate of drug-likeness (QED) is 0.582. The maximum atomic E-state index is 11.8. The fourth-order valence-corrected chi connectivity index (χ4v) is 2.21. The molecule has 0 spiro atoms. The zero-order valence-electron chi connectivity index (χ0n) is 12.6. The summed E-state index contributed by atoms with van der Waals surface area (Å²) in [4.78, 5) is 26.5. The highest BCUT2D eigenvalue weighted by Gasteiger charge is 2.36. The van der Waals surface area contributed by atoms with Crippen LogP contribution in [0.2, 0.25) is 0 Å². The van der Waals surface area contributed by atoms with Crippen molar-refractivity contribution in [3.63, 3.8) is 0 Å². The molecule has 1 fully saturated rings. The molecule has 0 bridgehead atoms. The van der Waals surface area contributed by atoms with Gasteiger partial charge < -0.3 is 14.7 Å². The van der Waals surface area contributed by atoms with Crippen LogP contribution in [0.25, 0.3) is 0 Å². The number of amides is 1. The lowest BCUT2D eigenvalue weighted by atomic mass is 10.2. The molecule has 0 saturated carbocycles. The van der Waals surface area contributed by atoms with Gasteiger partial charge in [-0.3, -0.25) is 14.5 Å². The first-order chi connectivity index (χ1) is 9.14. The molecule has 0 radical (unpaired) electrons. The van der Waals surface area contributed by atoms with Gasteiger partial charge in [-0.2, -0.15) is 0 Å². The first-order valence-electron chi connectivity index (χ1n) is 6.65. The van der Waals surface area contributed by atoms with E-state index in [1.54, 1.807) is 32.7 Å². The Kier molecular flexibility index (Phi) is 5.30. The molecule has 114 valence electrons. The molecule has 1 heterocycles. The van der Waals surface area contributed by atoms with Crippen molar-refractivity contribution >= 4 is 11.9 Å². The Bertz CT molecular complexity index is 389. The average Bonchev–Trinajstić information content (AvgIpc) is 2.67. The lowest BCUT2D eigenvalue weighted by Gasteiger charge is -2.27. The average molecular weight is 284 g/mol. The standard InChI is InChI=1S/C14H24N2O4/c1-6-12(18)16-7-10(11(17)8-16)15(5)9-13(19)20-14(2,3)4/h6,10-11,17H,1,7-9H2,2-5H3/t10?,11-/m1/s1. The molecule has 6 nitrogen and oxygen atoms in total. The number of likely N-dealkylation sites (tertiary alicyclic amines) is 1. The van der Waals surface area contributed by atoms with E-state index < -0.39 is 11.7 Å². The molecule has 1 saturated heterocycles. The number of carbonyl (C=O) groups is 2. The molecule has 1 rings (SSSR count). The SMILES string of the molecule is C=CC(=O)N1CC(N(C)CC(=O)OC(C)(C)C)[C@H](O)C1. The van der Waals surface area contributed by atoms with Gasteiger partial charge in [-0.05, 0) is 33.9 Å². The first kappa shape index (κ1) is 16.7. The summed E-state index contributed by atoms with van der Waals surface area (Å²) < 4.78 is 5.24. The second-order valence-corrected chi connectivity index (χ2v) is 6.08. The van der Waals surface area contributed by atoms with Crippen LogP contribution >= 0.6 is 0 Å². The van der Waals surface area contributed by atoms with E-state index in [9.17, 15) is 14.7 Å². The second-order valence-electron chi connectivity index (χ2n) is 6.08. The van der Waals surface area contributed by atoms with Gasteiger partial charge in [0.15, 0.2) is 0 Å². The van der Waals surface area contributed by atoms with Crippen molar-refractivity contribution in [3.05, 3.63) is 12.7 Å². The van der Waals surface area contributed by atoms with E-state index in [-0.39, 0.29) is 31.0 Å². The van der Waals surface area contributed by atoms with Gasteiger partial charge in [0.05, 0.1) is 18.7 Å². The summed E-state index contributed by atoms with van der Waals surface area (Å²) >= 11 is 0. The molecular weight excluding hydrogens is 260 g/mol. The van der Waals surface area contributed by atoms with Gasteiger partial charge >= 0.3 is 5.97 Å². The normalized spacial score (nSPS) is 23.0. The van der Waals surface area contributed by atoms with E-state index in [1.807, 2.05) is 0 Å². The van der Waals surface area contributed by atoms with Crippen LogP contribution in [0.3, 0.4) is 0 Å². The van der Waals surface area contributed by atoms with Gasteiger partial charge in [0.1, 0.15) is 5.60 Å². The number of hydrogen-bond donors (Lipinski definition) is 1. The molecule has 0 aromatic carbocycles. The second kappa shape index (κ2) is 6.37. The Balaban J connectivity index is 2.55. The van der Waals surface area contributed by atoms with Gasteiger partial charge in [0.25, 0.3) is 0 Å². The Labute approximate surface area is 120 Å². The van der Waals surface area contributed by atoms with E-state index in [0.29, 0.717) is 6.54 Å². The highest BCUT2D eigenvalue weighted by Crippen LogP contribution is 2.16. The molecule has 1 N–H and O–H groups in total. The van der Waals surface area contributed by atoms with Gasteiger partial charge in [0, 0.05) is 13.1 Å². The van der Waals surface area contributed by atoms with Crippen molar-refractivity contribution in [2.24, 2.45) is 0 Å². The fourth-order valence-electron chi connectivity index (χ4n) is 2.21. The van der Waals surface area contributed by atoms with Crippen molar-refractivity contribution < 1.29 is 19.4 Å². The Hall–Kier alpha value is -1.40. The number of β-amino-alcohol motifs (C(OH)–C–C–N with tert-alkyl or cyclic N) is 1. The molecule has 0 aromatic heterocycles. The summed E-state index contributed by atoms with van der Waals surface area (Å²) in [5, 5.41) is 10.00. The smallest absolute Gasteiger partial charge is 0.320 e. The number of carbonyl (C=O) groups excluding carboxylic acids is 2. The van der Waals surface area contributed by atoms with E-state index in [2.05, 4.69) is 6.58 Å². The summed E-state index contributed by atoms with van der Waals surface area (Å²) in [5.41, 5.74) is -0.531. The predicted octanol–water partition coefficient (Wildman–Crippen LogP) is 0.0176. The van der Waals surface area contributed by atoms with E-state index in [4.69, 9.17) is 4.74 Å². The summed E-state index contributed by atoms with van der Waals surface area (Å²) in [7, 11) is 1.74. The Morgan fingerprint density at radius 2 is 2.05 bits per heavy atom. The number of hydrogen-bond acceptors (Lipinski definition) is 5. The van der Waals surface area contributed by atoms with E-state index in [1.165, 1.54) is 11.0 Å². The van der Waals surface area contributed by atoms with Crippen molar-refractivity contribution in [2.75, 3.05) is 26.7 Å². The lowest BCUT2D eigenvalue weighted by molar-refractivity contribution is -0.156. The van der Waals surface area contributed by atoms with Crippen LogP contribution in [-0.2, 0) is 14.3 Å². The van der Waals surface area contributed by atoms with Gasteiger partial charge in [-0.1, -0.05) is 6.58 Å². The summed E-state index contributed by atoms with van der Waals surface area (Å²) in [5.74, 6) is -0.557. The highest BCUT2D eigenvalue weighted by atomic mass is 16.6. The number of likely N-dealkylation sites (N-methyl/N-ethyl adjacent to an activating group) is 1. The number of esters is 1. The maximum Gasteiger partial charge on any atom is 0.320 e. The topological polar surface area (TPSA) is 70.1 Å². The van der Waals surface area contributed by atoms with Crippen LogP contribution in [-0.4, -0.2) is 71.2 Å². The number of aliphatic hydroxyl groups is 1. The van der Waals surface area contributed by atoms with Crippen molar-refractivity contribution in [1.29, 1.82) is 0 Å². The van der Waals surface area contributed by atoms with Gasteiger partial charge in [-0.15, -0.1) is 0 Å². The van der Waals surface area contributed by atoms with Gasteiger partial charge in [-0.25, -0.2) is 0 Å². The number of rotatable bonds is 4. The maximum absolute atomic E-state index is 11.8. The van der Waals surface area contributed by atoms with E-state index in [0.717, 1.165) is 0 Å². The Morgan fingerprint density at radius 3 is 2.55 bits per heavy atom. The Morgan fingerprint density at radius 1 is 1.45 bits per heavy atom. The van der Waals surface area contributed by atoms with Crippen molar-refractivity contribution in [1.82, 2.24) is 9.80 Å². The molecule has 0 aliphatic carbocycles. The monoisotopic (exact) mass is 284 g/mol. The molecule has 2 atom stereocenters. The molecule has 1 unspecified atom stereocenters. The largest absolute Gasteiger partial charge is 0.459 e. The van der Waals surface area contributed by atoms with Gasteiger partial charge in [0.2, 0.25) is 5.91 Å². The van der Waals surface area contributed by atoms with Crippen molar-refractivity contribution in [2.45, 2.75) is 38.5 Å². The number of nitrogens with zero attached hydrogens (tertiary/aromatic N) is 2. The number of ether oxygens (including phenoxy) is 1. The zero-order valence-corrected chi connectivity index (χ0v) is 12.6. The summed E-state index contributed by atoms with van der Waals surface area (Å²) in [6, 6.07) is -0.272. The minimum absolute atomic E-state index is 0.0785. The predicted molar refractivity (Wildman–Crippen MR) is 75.0 cm³/mol. The zero-order chi connectivity index (χ0) is 15.5. The molecule has 1 aliphatic heterocycles. The third kappa shape index (κ3) is 4.61. The van der Waals surface area contributed by atoms with Crippen LogP contribution in [0.1, 0.15) is 20.8 Å². The minimum Gasteiger partial charge on any atom is -0.459 e. The summed E-state index contributed by atoms with van der Waals surface area (Å²) in [6.45, 7) is 9.56. The lowest BCUT2D eigenvalue weighted by Crippen LogP contribution is -2.44. The van der Waals surface area contributed by atoms with Crippen LogP contribution in [0.15, 0.2) is 12.7 Å². The summed E-state index contributed by atoms with van der Waals surface area (Å²) in [6.07, 6.45) is 0.550. The van der Waals surface area contributed by atoms with Crippen LogP contribution in [0.5, 0.6) is 0 Å². The molecule has 1 amide bonds.